The summed E-state index contributed by atoms with van der Waals surface area (Å²) in [6.45, 7) is 0.652. The lowest BCUT2D eigenvalue weighted by Gasteiger charge is -2.27. The van der Waals surface area contributed by atoms with Crippen LogP contribution in [0.15, 0.2) is 42.6 Å². The van der Waals surface area contributed by atoms with Gasteiger partial charge in [0.2, 0.25) is 11.8 Å². The zero-order valence-corrected chi connectivity index (χ0v) is 18.7. The Kier molecular flexibility index (Phi) is 8.37. The van der Waals surface area contributed by atoms with E-state index in [2.05, 4.69) is 15.6 Å². The second kappa shape index (κ2) is 11.4. The first-order chi connectivity index (χ1) is 15.8. The van der Waals surface area contributed by atoms with Gasteiger partial charge in [-0.15, -0.1) is 0 Å². The van der Waals surface area contributed by atoms with Gasteiger partial charge in [-0.1, -0.05) is 11.6 Å². The van der Waals surface area contributed by atoms with Gasteiger partial charge >= 0.3 is 5.97 Å². The number of halogens is 1. The average Bonchev–Trinajstić information content (AvgIpc) is 2.79. The summed E-state index contributed by atoms with van der Waals surface area (Å²) in [7, 11) is 0. The van der Waals surface area contributed by atoms with Crippen molar-refractivity contribution in [3.63, 3.8) is 0 Å². The van der Waals surface area contributed by atoms with E-state index in [4.69, 9.17) is 16.7 Å². The molecule has 0 radical (unpaired) electrons. The number of carbonyl (C=O) groups excluding carboxylic acids is 3. The number of aliphatic carboxylic acids is 1. The Balaban J connectivity index is 1.62. The van der Waals surface area contributed by atoms with Crippen LogP contribution in [0, 0.1) is 0 Å². The van der Waals surface area contributed by atoms with Crippen LogP contribution < -0.4 is 15.5 Å². The van der Waals surface area contributed by atoms with Crippen LogP contribution in [-0.4, -0.2) is 46.4 Å². The van der Waals surface area contributed by atoms with E-state index in [1.165, 1.54) is 6.20 Å². The summed E-state index contributed by atoms with van der Waals surface area (Å²) >= 11 is 5.78. The van der Waals surface area contributed by atoms with Crippen LogP contribution in [0.3, 0.4) is 0 Å². The first-order valence-electron chi connectivity index (χ1n) is 10.7. The van der Waals surface area contributed by atoms with Crippen LogP contribution in [0.4, 0.5) is 11.5 Å². The highest BCUT2D eigenvalue weighted by atomic mass is 35.5. The molecule has 10 heteroatoms. The first kappa shape index (κ1) is 24.2. The van der Waals surface area contributed by atoms with Crippen molar-refractivity contribution < 1.29 is 24.3 Å². The van der Waals surface area contributed by atoms with Crippen molar-refractivity contribution in [1.82, 2.24) is 10.3 Å². The summed E-state index contributed by atoms with van der Waals surface area (Å²) < 4.78 is 0. The number of pyridine rings is 1. The van der Waals surface area contributed by atoms with Gasteiger partial charge in [0, 0.05) is 49.3 Å². The number of benzene rings is 1. The molecule has 1 atom stereocenters. The molecular formula is C23H25ClN4O5. The monoisotopic (exact) mass is 472 g/mol. The molecule has 1 aromatic carbocycles. The molecule has 3 rings (SSSR count). The van der Waals surface area contributed by atoms with E-state index >= 15 is 0 Å². The van der Waals surface area contributed by atoms with E-state index in [1.54, 1.807) is 41.3 Å². The van der Waals surface area contributed by atoms with Crippen LogP contribution in [-0.2, 0) is 14.4 Å². The van der Waals surface area contributed by atoms with Crippen molar-refractivity contribution >= 4 is 46.8 Å². The van der Waals surface area contributed by atoms with E-state index in [1.807, 2.05) is 0 Å². The summed E-state index contributed by atoms with van der Waals surface area (Å²) in [4.78, 5) is 53.9. The van der Waals surface area contributed by atoms with Gasteiger partial charge in [0.1, 0.15) is 5.82 Å². The smallest absolute Gasteiger partial charge is 0.303 e. The minimum absolute atomic E-state index is 0.0633. The molecule has 1 aromatic heterocycles. The number of hydrogen-bond donors (Lipinski definition) is 3. The number of hydrogen-bond acceptors (Lipinski definition) is 5. The van der Waals surface area contributed by atoms with E-state index < -0.39 is 23.8 Å². The van der Waals surface area contributed by atoms with Crippen molar-refractivity contribution in [1.29, 1.82) is 0 Å². The fourth-order valence-corrected chi connectivity index (χ4v) is 3.64. The van der Waals surface area contributed by atoms with Gasteiger partial charge in [-0.2, -0.15) is 0 Å². The molecule has 0 spiro atoms. The summed E-state index contributed by atoms with van der Waals surface area (Å²) in [6.07, 6.45) is 3.49. The number of carboxylic acids is 1. The molecular weight excluding hydrogens is 448 g/mol. The minimum Gasteiger partial charge on any atom is -0.481 e. The topological polar surface area (TPSA) is 129 Å². The molecule has 3 N–H and O–H groups in total. The molecule has 2 heterocycles. The zero-order valence-electron chi connectivity index (χ0n) is 17.9. The standard InChI is InChI=1S/C23H25ClN4O5/c24-16-6-10-19(25-14-16)27-20(29)13-17(7-11-22(31)32)26-23(33)15-4-8-18(9-5-15)28-12-2-1-3-21(28)30/h4-6,8-10,14,17H,1-3,7,11-13H2,(H,26,33)(H,31,32)(H,25,27,29). The SMILES string of the molecule is O=C(O)CCC(CC(=O)Nc1ccc(Cl)cn1)NC(=O)c1ccc(N2CCCCC2=O)cc1. The largest absolute Gasteiger partial charge is 0.481 e. The summed E-state index contributed by atoms with van der Waals surface area (Å²) in [5, 5.41) is 14.8. The van der Waals surface area contributed by atoms with Crippen molar-refractivity contribution in [3.8, 4) is 0 Å². The van der Waals surface area contributed by atoms with Crippen LogP contribution in [0.2, 0.25) is 5.02 Å². The fourth-order valence-electron chi connectivity index (χ4n) is 3.53. The highest BCUT2D eigenvalue weighted by Crippen LogP contribution is 2.21. The van der Waals surface area contributed by atoms with Crippen LogP contribution in [0.25, 0.3) is 0 Å². The van der Waals surface area contributed by atoms with Crippen molar-refractivity contribution in [2.45, 2.75) is 44.6 Å². The Bertz CT molecular complexity index is 1010. The molecule has 9 nitrogen and oxygen atoms in total. The fraction of sp³-hybridized carbons (Fsp3) is 0.348. The van der Waals surface area contributed by atoms with E-state index in [-0.39, 0.29) is 25.2 Å². The average molecular weight is 473 g/mol. The molecule has 0 aliphatic carbocycles. The maximum Gasteiger partial charge on any atom is 0.303 e. The predicted molar refractivity (Wildman–Crippen MR) is 123 cm³/mol. The van der Waals surface area contributed by atoms with Gasteiger partial charge in [-0.25, -0.2) is 4.98 Å². The third-order valence-corrected chi connectivity index (χ3v) is 5.46. The highest BCUT2D eigenvalue weighted by Gasteiger charge is 2.21. The van der Waals surface area contributed by atoms with E-state index in [0.29, 0.717) is 29.4 Å². The molecule has 2 aromatic rings. The van der Waals surface area contributed by atoms with Gasteiger partial charge < -0.3 is 20.6 Å². The van der Waals surface area contributed by atoms with E-state index in [9.17, 15) is 19.2 Å². The first-order valence-corrected chi connectivity index (χ1v) is 11.0. The number of piperidine rings is 1. The van der Waals surface area contributed by atoms with Gasteiger partial charge in [0.05, 0.1) is 5.02 Å². The number of nitrogens with one attached hydrogen (secondary N) is 2. The summed E-state index contributed by atoms with van der Waals surface area (Å²) in [6, 6.07) is 9.07. The molecule has 1 unspecified atom stereocenters. The van der Waals surface area contributed by atoms with Crippen LogP contribution in [0.5, 0.6) is 0 Å². The third kappa shape index (κ3) is 7.28. The van der Waals surface area contributed by atoms with Gasteiger partial charge in [0.15, 0.2) is 0 Å². The molecule has 1 aliphatic rings. The lowest BCUT2D eigenvalue weighted by molar-refractivity contribution is -0.137. The number of carboxylic acid groups (broad SMARTS) is 1. The molecule has 174 valence electrons. The molecule has 33 heavy (non-hydrogen) atoms. The Morgan fingerprint density at radius 3 is 2.52 bits per heavy atom. The Labute approximate surface area is 196 Å². The highest BCUT2D eigenvalue weighted by molar-refractivity contribution is 6.30. The van der Waals surface area contributed by atoms with E-state index in [0.717, 1.165) is 18.5 Å². The third-order valence-electron chi connectivity index (χ3n) is 5.23. The number of aromatic nitrogens is 1. The molecule has 0 bridgehead atoms. The number of nitrogens with zero attached hydrogens (tertiary/aromatic N) is 2. The van der Waals surface area contributed by atoms with Crippen molar-refractivity contribution in [3.05, 3.63) is 53.2 Å². The number of rotatable bonds is 9. The minimum atomic E-state index is -1.02. The lowest BCUT2D eigenvalue weighted by atomic mass is 10.1. The lowest BCUT2D eigenvalue weighted by Crippen LogP contribution is -2.38. The van der Waals surface area contributed by atoms with Crippen molar-refractivity contribution in [2.24, 2.45) is 0 Å². The predicted octanol–water partition coefficient (Wildman–Crippen LogP) is 3.24. The molecule has 0 saturated carbocycles. The molecule has 1 saturated heterocycles. The normalized spacial score (nSPS) is 14.5. The zero-order chi connectivity index (χ0) is 23.8. The van der Waals surface area contributed by atoms with Crippen LogP contribution in [0.1, 0.15) is 48.9 Å². The Hall–Kier alpha value is -3.46. The Morgan fingerprint density at radius 2 is 1.88 bits per heavy atom. The summed E-state index contributed by atoms with van der Waals surface area (Å²) in [5.74, 6) is -1.51. The van der Waals surface area contributed by atoms with Crippen molar-refractivity contribution in [2.75, 3.05) is 16.8 Å². The molecule has 1 aliphatic heterocycles. The second-order valence-corrected chi connectivity index (χ2v) is 8.20. The number of carbonyl (C=O) groups is 4. The van der Waals surface area contributed by atoms with Crippen LogP contribution >= 0.6 is 11.6 Å². The number of amides is 3. The Morgan fingerprint density at radius 1 is 1.12 bits per heavy atom. The molecule has 1 fully saturated rings. The second-order valence-electron chi connectivity index (χ2n) is 7.77. The van der Waals surface area contributed by atoms with Gasteiger partial charge in [-0.3, -0.25) is 19.2 Å². The quantitative estimate of drug-likeness (QED) is 0.513. The van der Waals surface area contributed by atoms with Gasteiger partial charge in [0.25, 0.3) is 5.91 Å². The van der Waals surface area contributed by atoms with Gasteiger partial charge in [-0.05, 0) is 55.7 Å². The maximum atomic E-state index is 12.7. The number of anilines is 2. The molecule has 3 amide bonds. The summed E-state index contributed by atoms with van der Waals surface area (Å²) in [5.41, 5.74) is 1.08. The maximum absolute atomic E-state index is 12.7.